The molecule has 1 aromatic carbocycles. The molecule has 1 fully saturated rings. The van der Waals surface area contributed by atoms with Gasteiger partial charge in [0, 0.05) is 24.4 Å². The maximum absolute atomic E-state index is 12.8. The number of nitro benzene ring substituents is 1. The quantitative estimate of drug-likeness (QED) is 0.597. The van der Waals surface area contributed by atoms with Crippen molar-refractivity contribution in [1.82, 2.24) is 9.29 Å². The van der Waals surface area contributed by atoms with Gasteiger partial charge in [-0.2, -0.15) is 4.31 Å². The first-order chi connectivity index (χ1) is 11.0. The summed E-state index contributed by atoms with van der Waals surface area (Å²) in [5, 5.41) is 10.7. The Balaban J connectivity index is 1.90. The molecule has 23 heavy (non-hydrogen) atoms. The Kier molecular flexibility index (Phi) is 4.10. The molecule has 0 radical (unpaired) electrons. The normalized spacial score (nSPS) is 14.8. The number of sulfonamides is 1. The topological polar surface area (TPSA) is 93.4 Å². The molecule has 1 aromatic heterocycles. The second kappa shape index (κ2) is 6.05. The predicted molar refractivity (Wildman–Crippen MR) is 83.1 cm³/mol. The summed E-state index contributed by atoms with van der Waals surface area (Å²) >= 11 is 0. The third-order valence-corrected chi connectivity index (χ3v) is 5.56. The number of non-ortho nitro benzene ring substituents is 1. The number of nitro groups is 1. The highest BCUT2D eigenvalue weighted by Gasteiger charge is 2.38. The van der Waals surface area contributed by atoms with Gasteiger partial charge in [0.2, 0.25) is 10.0 Å². The molecule has 0 unspecified atom stereocenters. The third kappa shape index (κ3) is 3.38. The Hall–Kier alpha value is -2.32. The molecule has 0 spiro atoms. The first kappa shape index (κ1) is 15.6. The Morgan fingerprint density at radius 3 is 2.39 bits per heavy atom. The number of nitrogens with zero attached hydrogens (tertiary/aromatic N) is 3. The SMILES string of the molecule is O=[N+]([O-])c1ccc(S(=O)(=O)N(Cc2ccccn2)C2CC2)cc1. The van der Waals surface area contributed by atoms with Gasteiger partial charge in [0.1, 0.15) is 0 Å². The second-order valence-electron chi connectivity index (χ2n) is 5.35. The summed E-state index contributed by atoms with van der Waals surface area (Å²) in [4.78, 5) is 14.4. The lowest BCUT2D eigenvalue weighted by atomic mass is 10.3. The molecule has 0 saturated heterocycles. The molecular formula is C15H15N3O4S. The van der Waals surface area contributed by atoms with E-state index in [1.165, 1.54) is 28.6 Å². The van der Waals surface area contributed by atoms with Crippen LogP contribution in [-0.2, 0) is 16.6 Å². The van der Waals surface area contributed by atoms with Crippen molar-refractivity contribution in [2.75, 3.05) is 0 Å². The van der Waals surface area contributed by atoms with Gasteiger partial charge in [-0.05, 0) is 37.1 Å². The van der Waals surface area contributed by atoms with Crippen molar-refractivity contribution in [1.29, 1.82) is 0 Å². The summed E-state index contributed by atoms with van der Waals surface area (Å²) in [6, 6.07) is 10.3. The van der Waals surface area contributed by atoms with Crippen molar-refractivity contribution >= 4 is 15.7 Å². The van der Waals surface area contributed by atoms with E-state index in [9.17, 15) is 18.5 Å². The molecule has 0 amide bonds. The molecule has 1 aliphatic carbocycles. The summed E-state index contributed by atoms with van der Waals surface area (Å²) < 4.78 is 27.1. The number of aromatic nitrogens is 1. The molecule has 1 saturated carbocycles. The van der Waals surface area contributed by atoms with Crippen LogP contribution >= 0.6 is 0 Å². The summed E-state index contributed by atoms with van der Waals surface area (Å²) in [6.07, 6.45) is 3.26. The molecule has 1 aliphatic rings. The number of hydrogen-bond acceptors (Lipinski definition) is 5. The summed E-state index contributed by atoms with van der Waals surface area (Å²) in [5.41, 5.74) is 0.538. The van der Waals surface area contributed by atoms with Gasteiger partial charge in [-0.3, -0.25) is 15.1 Å². The highest BCUT2D eigenvalue weighted by molar-refractivity contribution is 7.89. The van der Waals surface area contributed by atoms with Crippen LogP contribution in [0.15, 0.2) is 53.6 Å². The first-order valence-electron chi connectivity index (χ1n) is 7.15. The molecule has 3 rings (SSSR count). The zero-order valence-electron chi connectivity index (χ0n) is 12.2. The molecule has 0 atom stereocenters. The van der Waals surface area contributed by atoms with Crippen molar-refractivity contribution in [3.63, 3.8) is 0 Å². The highest BCUT2D eigenvalue weighted by atomic mass is 32.2. The molecule has 7 nitrogen and oxygen atoms in total. The monoisotopic (exact) mass is 333 g/mol. The van der Waals surface area contributed by atoms with Crippen molar-refractivity contribution in [3.8, 4) is 0 Å². The maximum atomic E-state index is 12.8. The van der Waals surface area contributed by atoms with Gasteiger partial charge in [-0.1, -0.05) is 6.07 Å². The van der Waals surface area contributed by atoms with Crippen LogP contribution in [0, 0.1) is 10.1 Å². The predicted octanol–water partition coefficient (Wildman–Crippen LogP) is 2.34. The third-order valence-electron chi connectivity index (χ3n) is 3.65. The number of rotatable bonds is 6. The van der Waals surface area contributed by atoms with Crippen LogP contribution in [-0.4, -0.2) is 28.7 Å². The van der Waals surface area contributed by atoms with Crippen LogP contribution in [0.3, 0.4) is 0 Å². The zero-order chi connectivity index (χ0) is 16.4. The maximum Gasteiger partial charge on any atom is 0.269 e. The van der Waals surface area contributed by atoms with Crippen molar-refractivity contribution < 1.29 is 13.3 Å². The van der Waals surface area contributed by atoms with E-state index < -0.39 is 14.9 Å². The first-order valence-corrected chi connectivity index (χ1v) is 8.59. The molecule has 120 valence electrons. The van der Waals surface area contributed by atoms with Crippen molar-refractivity contribution in [2.24, 2.45) is 0 Å². The number of pyridine rings is 1. The lowest BCUT2D eigenvalue weighted by Crippen LogP contribution is -2.33. The Morgan fingerprint density at radius 2 is 1.87 bits per heavy atom. The fourth-order valence-corrected chi connectivity index (χ4v) is 3.96. The molecule has 0 aliphatic heterocycles. The van der Waals surface area contributed by atoms with E-state index in [0.717, 1.165) is 12.8 Å². The minimum atomic E-state index is -3.71. The largest absolute Gasteiger partial charge is 0.269 e. The highest BCUT2D eigenvalue weighted by Crippen LogP contribution is 2.33. The second-order valence-corrected chi connectivity index (χ2v) is 7.24. The molecule has 0 N–H and O–H groups in total. The molecule has 8 heteroatoms. The van der Waals surface area contributed by atoms with E-state index in [-0.39, 0.29) is 23.2 Å². The van der Waals surface area contributed by atoms with E-state index in [0.29, 0.717) is 5.69 Å². The Morgan fingerprint density at radius 1 is 1.17 bits per heavy atom. The van der Waals surface area contributed by atoms with Gasteiger partial charge in [-0.25, -0.2) is 8.42 Å². The van der Waals surface area contributed by atoms with E-state index in [4.69, 9.17) is 0 Å². The van der Waals surface area contributed by atoms with Crippen LogP contribution in [0.4, 0.5) is 5.69 Å². The number of hydrogen-bond donors (Lipinski definition) is 0. The lowest BCUT2D eigenvalue weighted by molar-refractivity contribution is -0.384. The van der Waals surface area contributed by atoms with Crippen LogP contribution in [0.1, 0.15) is 18.5 Å². The fraction of sp³-hybridized carbons (Fsp3) is 0.267. The van der Waals surface area contributed by atoms with Gasteiger partial charge in [0.15, 0.2) is 0 Å². The molecule has 2 aromatic rings. The molecule has 0 bridgehead atoms. The van der Waals surface area contributed by atoms with Crippen LogP contribution in [0.5, 0.6) is 0 Å². The molecule has 1 heterocycles. The summed E-state index contributed by atoms with van der Waals surface area (Å²) in [7, 11) is -3.71. The van der Waals surface area contributed by atoms with Gasteiger partial charge in [-0.15, -0.1) is 0 Å². The van der Waals surface area contributed by atoms with Gasteiger partial charge >= 0.3 is 0 Å². The fourth-order valence-electron chi connectivity index (χ4n) is 2.30. The summed E-state index contributed by atoms with van der Waals surface area (Å²) in [5.74, 6) is 0. The van der Waals surface area contributed by atoms with Crippen LogP contribution in [0.2, 0.25) is 0 Å². The average Bonchev–Trinajstić information content (AvgIpc) is 3.38. The van der Waals surface area contributed by atoms with Gasteiger partial charge in [0.05, 0.1) is 22.1 Å². The Labute approximate surface area is 133 Å². The van der Waals surface area contributed by atoms with E-state index >= 15 is 0 Å². The summed E-state index contributed by atoms with van der Waals surface area (Å²) in [6.45, 7) is 0.199. The minimum absolute atomic E-state index is 0.0304. The zero-order valence-corrected chi connectivity index (χ0v) is 13.0. The van der Waals surface area contributed by atoms with Crippen LogP contribution in [0.25, 0.3) is 0 Å². The van der Waals surface area contributed by atoms with Gasteiger partial charge < -0.3 is 0 Å². The average molecular weight is 333 g/mol. The van der Waals surface area contributed by atoms with E-state index in [1.54, 1.807) is 18.3 Å². The van der Waals surface area contributed by atoms with Crippen LogP contribution < -0.4 is 0 Å². The van der Waals surface area contributed by atoms with Crippen molar-refractivity contribution in [3.05, 3.63) is 64.5 Å². The minimum Gasteiger partial charge on any atom is -0.260 e. The van der Waals surface area contributed by atoms with E-state index in [2.05, 4.69) is 4.98 Å². The van der Waals surface area contributed by atoms with Crippen molar-refractivity contribution in [2.45, 2.75) is 30.3 Å². The number of benzene rings is 1. The lowest BCUT2D eigenvalue weighted by Gasteiger charge is -2.21. The van der Waals surface area contributed by atoms with Gasteiger partial charge in [0.25, 0.3) is 5.69 Å². The Bertz CT molecular complexity index is 802. The smallest absolute Gasteiger partial charge is 0.260 e. The standard InChI is InChI=1S/C15H15N3O4S/c19-18(20)14-6-8-15(9-7-14)23(21,22)17(13-4-5-13)11-12-3-1-2-10-16-12/h1-3,6-10,13H,4-5,11H2. The molecular weight excluding hydrogens is 318 g/mol. The van der Waals surface area contributed by atoms with E-state index in [1.807, 2.05) is 6.07 Å².